The molecule has 0 saturated carbocycles. The maximum absolute atomic E-state index is 10.4. The van der Waals surface area contributed by atoms with Crippen LogP contribution in [0.4, 0.5) is 0 Å². The van der Waals surface area contributed by atoms with Crippen LogP contribution in [0.1, 0.15) is 42.0 Å². The first-order chi connectivity index (χ1) is 11.0. The predicted molar refractivity (Wildman–Crippen MR) is 93.4 cm³/mol. The van der Waals surface area contributed by atoms with E-state index in [4.69, 9.17) is 0 Å². The molecular weight excluding hydrogens is 286 g/mol. The molecule has 4 heteroatoms. The van der Waals surface area contributed by atoms with Crippen molar-refractivity contribution >= 4 is 11.0 Å². The van der Waals surface area contributed by atoms with Crippen molar-refractivity contribution in [3.63, 3.8) is 0 Å². The highest BCUT2D eigenvalue weighted by Gasteiger charge is 2.13. The zero-order valence-corrected chi connectivity index (χ0v) is 14.2. The fraction of sp³-hybridized carbons (Fsp3) is 0.368. The van der Waals surface area contributed by atoms with Crippen molar-refractivity contribution in [2.24, 2.45) is 0 Å². The third-order valence-corrected chi connectivity index (χ3v) is 4.37. The largest absolute Gasteiger partial charge is 0.505 e. The smallest absolute Gasteiger partial charge is 0.146 e. The maximum Gasteiger partial charge on any atom is 0.146 e. The highest BCUT2D eigenvalue weighted by Crippen LogP contribution is 2.28. The van der Waals surface area contributed by atoms with Crippen LogP contribution >= 0.6 is 0 Å². The van der Waals surface area contributed by atoms with Crippen molar-refractivity contribution in [2.75, 3.05) is 0 Å². The van der Waals surface area contributed by atoms with Crippen LogP contribution in [0.25, 0.3) is 16.7 Å². The van der Waals surface area contributed by atoms with Crippen molar-refractivity contribution in [3.8, 4) is 11.4 Å². The van der Waals surface area contributed by atoms with Crippen molar-refractivity contribution in [1.82, 2.24) is 15.0 Å². The molecule has 3 rings (SSSR count). The van der Waals surface area contributed by atoms with Gasteiger partial charge in [0.2, 0.25) is 0 Å². The summed E-state index contributed by atoms with van der Waals surface area (Å²) in [6, 6.07) is 8.13. The Balaban J connectivity index is 2.11. The summed E-state index contributed by atoms with van der Waals surface area (Å²) in [5, 5.41) is 19.5. The minimum Gasteiger partial charge on any atom is -0.505 e. The van der Waals surface area contributed by atoms with Gasteiger partial charge in [-0.1, -0.05) is 19.4 Å². The molecule has 4 nitrogen and oxygen atoms in total. The van der Waals surface area contributed by atoms with E-state index in [1.54, 1.807) is 4.80 Å². The number of hydrogen-bond donors (Lipinski definition) is 1. The van der Waals surface area contributed by atoms with Crippen molar-refractivity contribution in [1.29, 1.82) is 0 Å². The zero-order chi connectivity index (χ0) is 16.6. The average Bonchev–Trinajstić information content (AvgIpc) is 2.91. The predicted octanol–water partition coefficient (Wildman–Crippen LogP) is 4.39. The Kier molecular flexibility index (Phi) is 4.07. The SMILES string of the molecule is CCCCc1cc(C)c(O)c(-n2nc3cc(C)c(C)cc3n2)c1. The molecule has 0 saturated heterocycles. The van der Waals surface area contributed by atoms with Gasteiger partial charge in [0.05, 0.1) is 0 Å². The van der Waals surface area contributed by atoms with Gasteiger partial charge in [0.1, 0.15) is 22.5 Å². The first-order valence-electron chi connectivity index (χ1n) is 8.16. The number of unbranched alkanes of at least 4 members (excludes halogenated alkanes) is 1. The first-order valence-corrected chi connectivity index (χ1v) is 8.16. The van der Waals surface area contributed by atoms with Gasteiger partial charge >= 0.3 is 0 Å². The number of phenols is 1. The van der Waals surface area contributed by atoms with Crippen molar-refractivity contribution in [2.45, 2.75) is 47.0 Å². The lowest BCUT2D eigenvalue weighted by Crippen LogP contribution is -2.01. The van der Waals surface area contributed by atoms with Crippen LogP contribution in [0.5, 0.6) is 5.75 Å². The molecule has 1 aromatic heterocycles. The Hall–Kier alpha value is -2.36. The van der Waals surface area contributed by atoms with E-state index in [1.807, 2.05) is 31.2 Å². The number of fused-ring (bicyclic) bond motifs is 1. The monoisotopic (exact) mass is 309 g/mol. The van der Waals surface area contributed by atoms with E-state index in [2.05, 4.69) is 31.0 Å². The van der Waals surface area contributed by atoms with Crippen LogP contribution in [-0.2, 0) is 6.42 Å². The standard InChI is InChI=1S/C19H23N3O/c1-5-6-7-15-8-14(4)19(23)18(11-15)22-20-16-9-12(2)13(3)10-17(16)21-22/h8-11,23H,5-7H2,1-4H3. The van der Waals surface area contributed by atoms with E-state index in [0.29, 0.717) is 5.69 Å². The number of nitrogens with zero attached hydrogens (tertiary/aromatic N) is 3. The zero-order valence-electron chi connectivity index (χ0n) is 14.2. The van der Waals surface area contributed by atoms with Gasteiger partial charge in [0.15, 0.2) is 0 Å². The summed E-state index contributed by atoms with van der Waals surface area (Å²) >= 11 is 0. The van der Waals surface area contributed by atoms with E-state index in [1.165, 1.54) is 16.7 Å². The summed E-state index contributed by atoms with van der Waals surface area (Å²) in [6.45, 7) is 8.24. The number of aromatic nitrogens is 3. The van der Waals surface area contributed by atoms with Crippen LogP contribution < -0.4 is 0 Å². The molecule has 0 bridgehead atoms. The Bertz CT molecular complexity index is 826. The molecule has 0 aliphatic heterocycles. The van der Waals surface area contributed by atoms with Gasteiger partial charge in [0.25, 0.3) is 0 Å². The number of phenolic OH excluding ortho intramolecular Hbond substituents is 1. The molecule has 23 heavy (non-hydrogen) atoms. The molecule has 0 atom stereocenters. The summed E-state index contributed by atoms with van der Waals surface area (Å²) < 4.78 is 0. The topological polar surface area (TPSA) is 50.9 Å². The lowest BCUT2D eigenvalue weighted by Gasteiger charge is -2.09. The Labute approximate surface area is 136 Å². The third kappa shape index (κ3) is 2.93. The van der Waals surface area contributed by atoms with Crippen molar-refractivity contribution < 1.29 is 5.11 Å². The quantitative estimate of drug-likeness (QED) is 0.777. The Morgan fingerprint density at radius 1 is 0.913 bits per heavy atom. The molecule has 0 amide bonds. The number of hydrogen-bond acceptors (Lipinski definition) is 3. The molecule has 120 valence electrons. The third-order valence-electron chi connectivity index (χ3n) is 4.37. The fourth-order valence-corrected chi connectivity index (χ4v) is 2.79. The molecule has 2 aromatic carbocycles. The van der Waals surface area contributed by atoms with E-state index in [0.717, 1.165) is 35.9 Å². The van der Waals surface area contributed by atoms with Crippen molar-refractivity contribution in [3.05, 3.63) is 46.5 Å². The Morgan fingerprint density at radius 2 is 1.52 bits per heavy atom. The summed E-state index contributed by atoms with van der Waals surface area (Å²) in [5.74, 6) is 0.249. The van der Waals surface area contributed by atoms with Crippen LogP contribution in [-0.4, -0.2) is 20.1 Å². The molecule has 0 spiro atoms. The molecule has 0 radical (unpaired) electrons. The molecule has 0 aliphatic rings. The summed E-state index contributed by atoms with van der Waals surface area (Å²) in [4.78, 5) is 1.56. The molecule has 0 unspecified atom stereocenters. The normalized spacial score (nSPS) is 11.3. The van der Waals surface area contributed by atoms with Gasteiger partial charge in [-0.3, -0.25) is 0 Å². The number of aromatic hydroxyl groups is 1. The van der Waals surface area contributed by atoms with Gasteiger partial charge in [-0.25, -0.2) is 0 Å². The highest BCUT2D eigenvalue weighted by molar-refractivity contribution is 5.76. The van der Waals surface area contributed by atoms with Crippen LogP contribution in [0.2, 0.25) is 0 Å². The van der Waals surface area contributed by atoms with E-state index in [9.17, 15) is 5.11 Å². The minimum absolute atomic E-state index is 0.249. The molecular formula is C19H23N3O. The van der Waals surface area contributed by atoms with E-state index >= 15 is 0 Å². The molecule has 0 fully saturated rings. The lowest BCUT2D eigenvalue weighted by atomic mass is 10.0. The van der Waals surface area contributed by atoms with Gasteiger partial charge in [-0.2, -0.15) is 0 Å². The average molecular weight is 309 g/mol. The van der Waals surface area contributed by atoms with Gasteiger partial charge in [-0.05, 0) is 74.1 Å². The number of benzene rings is 2. The number of rotatable bonds is 4. The molecule has 1 heterocycles. The van der Waals surface area contributed by atoms with E-state index < -0.39 is 0 Å². The summed E-state index contributed by atoms with van der Waals surface area (Å²) in [7, 11) is 0. The van der Waals surface area contributed by atoms with E-state index in [-0.39, 0.29) is 5.75 Å². The van der Waals surface area contributed by atoms with Gasteiger partial charge < -0.3 is 5.11 Å². The first kappa shape index (κ1) is 15.5. The van der Waals surface area contributed by atoms with Crippen LogP contribution in [0, 0.1) is 20.8 Å². The summed E-state index contributed by atoms with van der Waals surface area (Å²) in [6.07, 6.45) is 3.29. The van der Waals surface area contributed by atoms with Gasteiger partial charge in [-0.15, -0.1) is 15.0 Å². The van der Waals surface area contributed by atoms with Gasteiger partial charge in [0, 0.05) is 0 Å². The highest BCUT2D eigenvalue weighted by atomic mass is 16.3. The second kappa shape index (κ2) is 6.03. The lowest BCUT2D eigenvalue weighted by molar-refractivity contribution is 0.463. The Morgan fingerprint density at radius 3 is 2.09 bits per heavy atom. The second-order valence-corrected chi connectivity index (χ2v) is 6.30. The molecule has 1 N–H and O–H groups in total. The van der Waals surface area contributed by atoms with Crippen LogP contribution in [0.15, 0.2) is 24.3 Å². The minimum atomic E-state index is 0.249. The number of aryl methyl sites for hydroxylation is 4. The molecule has 0 aliphatic carbocycles. The second-order valence-electron chi connectivity index (χ2n) is 6.30. The maximum atomic E-state index is 10.4. The van der Waals surface area contributed by atoms with Crippen LogP contribution in [0.3, 0.4) is 0 Å². The summed E-state index contributed by atoms with van der Waals surface area (Å²) in [5.41, 5.74) is 6.83. The fourth-order valence-electron chi connectivity index (χ4n) is 2.79. The molecule has 3 aromatic rings.